The molecule has 0 aromatic heterocycles. The van der Waals surface area contributed by atoms with E-state index in [2.05, 4.69) is 5.32 Å². The number of rotatable bonds is 2. The van der Waals surface area contributed by atoms with Crippen molar-refractivity contribution in [1.29, 1.82) is 0 Å². The number of likely N-dealkylation sites (tertiary alicyclic amines) is 1. The third-order valence-electron chi connectivity index (χ3n) is 3.37. The Morgan fingerprint density at radius 2 is 2.18 bits per heavy atom. The fraction of sp³-hybridized carbons (Fsp3) is 0.700. The zero-order valence-corrected chi connectivity index (χ0v) is 9.68. The number of nitrogens with two attached hydrogens (primary N) is 1. The molecule has 0 bridgehead atoms. The summed E-state index contributed by atoms with van der Waals surface area (Å²) in [6, 6.07) is -1.05. The number of carbonyl (C=O) groups is 3. The Labute approximate surface area is 98.9 Å². The first-order chi connectivity index (χ1) is 8.02. The molecule has 2 atom stereocenters. The second-order valence-corrected chi connectivity index (χ2v) is 4.37. The molecule has 2 fully saturated rings. The number of hydrogen-bond acceptors (Lipinski definition) is 5. The average Bonchev–Trinajstić information content (AvgIpc) is 2.57. The summed E-state index contributed by atoms with van der Waals surface area (Å²) in [4.78, 5) is 37.5. The monoisotopic (exact) mass is 240 g/mol. The Bertz CT molecular complexity index is 371. The first-order valence-electron chi connectivity index (χ1n) is 5.58. The van der Waals surface area contributed by atoms with E-state index in [1.807, 2.05) is 0 Å². The number of hydrogen-bond donors (Lipinski definition) is 2. The molecular weight excluding hydrogens is 224 g/mol. The molecule has 2 heterocycles. The van der Waals surface area contributed by atoms with Gasteiger partial charge in [0.25, 0.3) is 0 Å². The SMILES string of the molecule is CN1C(=O)CC(N2CCNCC2C(N)=O)C1=O. The maximum Gasteiger partial charge on any atom is 0.246 e. The van der Waals surface area contributed by atoms with Crippen LogP contribution in [0.5, 0.6) is 0 Å². The summed E-state index contributed by atoms with van der Waals surface area (Å²) in [5.41, 5.74) is 5.31. The smallest absolute Gasteiger partial charge is 0.246 e. The van der Waals surface area contributed by atoms with Gasteiger partial charge in [-0.05, 0) is 0 Å². The van der Waals surface area contributed by atoms with Crippen molar-refractivity contribution in [2.75, 3.05) is 26.7 Å². The lowest BCUT2D eigenvalue weighted by molar-refractivity contribution is -0.138. The van der Waals surface area contributed by atoms with E-state index in [1.165, 1.54) is 7.05 Å². The number of primary amides is 1. The highest BCUT2D eigenvalue weighted by Gasteiger charge is 2.44. The molecule has 2 unspecified atom stereocenters. The summed E-state index contributed by atoms with van der Waals surface area (Å²) >= 11 is 0. The quantitative estimate of drug-likeness (QED) is 0.520. The summed E-state index contributed by atoms with van der Waals surface area (Å²) < 4.78 is 0. The molecule has 0 spiro atoms. The number of nitrogens with zero attached hydrogens (tertiary/aromatic N) is 2. The highest BCUT2D eigenvalue weighted by molar-refractivity contribution is 6.05. The van der Waals surface area contributed by atoms with Crippen LogP contribution in [0.4, 0.5) is 0 Å². The molecule has 2 aliphatic heterocycles. The second-order valence-electron chi connectivity index (χ2n) is 4.37. The first kappa shape index (κ1) is 12.0. The third kappa shape index (κ3) is 2.03. The lowest BCUT2D eigenvalue weighted by Gasteiger charge is -2.36. The molecular formula is C10H16N4O3. The Morgan fingerprint density at radius 3 is 2.71 bits per heavy atom. The largest absolute Gasteiger partial charge is 0.368 e. The van der Waals surface area contributed by atoms with Crippen molar-refractivity contribution in [1.82, 2.24) is 15.1 Å². The molecule has 7 nitrogen and oxygen atoms in total. The van der Waals surface area contributed by atoms with E-state index in [4.69, 9.17) is 5.73 Å². The summed E-state index contributed by atoms with van der Waals surface area (Å²) in [5.74, 6) is -0.920. The fourth-order valence-electron chi connectivity index (χ4n) is 2.35. The van der Waals surface area contributed by atoms with Gasteiger partial charge in [-0.1, -0.05) is 0 Å². The van der Waals surface area contributed by atoms with E-state index in [0.717, 1.165) is 4.90 Å². The minimum atomic E-state index is -0.535. The van der Waals surface area contributed by atoms with Gasteiger partial charge in [-0.2, -0.15) is 0 Å². The Kier molecular flexibility index (Phi) is 3.12. The molecule has 2 rings (SSSR count). The number of likely N-dealkylation sites (N-methyl/N-ethyl adjacent to an activating group) is 1. The molecule has 3 amide bonds. The summed E-state index contributed by atoms with van der Waals surface area (Å²) in [6.07, 6.45) is 0.138. The zero-order valence-electron chi connectivity index (χ0n) is 9.68. The van der Waals surface area contributed by atoms with E-state index in [1.54, 1.807) is 4.90 Å². The zero-order chi connectivity index (χ0) is 12.6. The van der Waals surface area contributed by atoms with Crippen molar-refractivity contribution in [3.63, 3.8) is 0 Å². The first-order valence-corrected chi connectivity index (χ1v) is 5.58. The van der Waals surface area contributed by atoms with E-state index in [0.29, 0.717) is 19.6 Å². The Hall–Kier alpha value is -1.47. The van der Waals surface area contributed by atoms with Crippen LogP contribution in [-0.4, -0.2) is 66.3 Å². The topological polar surface area (TPSA) is 95.7 Å². The number of amides is 3. The van der Waals surface area contributed by atoms with E-state index in [9.17, 15) is 14.4 Å². The molecule has 0 radical (unpaired) electrons. The summed E-state index contributed by atoms with van der Waals surface area (Å²) in [7, 11) is 1.46. The van der Waals surface area contributed by atoms with Crippen LogP contribution in [0.25, 0.3) is 0 Å². The van der Waals surface area contributed by atoms with Crippen molar-refractivity contribution in [2.45, 2.75) is 18.5 Å². The predicted molar refractivity (Wildman–Crippen MR) is 58.7 cm³/mol. The molecule has 17 heavy (non-hydrogen) atoms. The molecule has 94 valence electrons. The molecule has 0 aromatic carbocycles. The van der Waals surface area contributed by atoms with Gasteiger partial charge in [-0.15, -0.1) is 0 Å². The maximum atomic E-state index is 11.9. The molecule has 2 saturated heterocycles. The molecule has 0 aromatic rings. The van der Waals surface area contributed by atoms with Gasteiger partial charge in [0.05, 0.1) is 12.5 Å². The standard InChI is InChI=1S/C10H16N4O3/c1-13-8(15)4-6(10(13)17)14-3-2-12-5-7(14)9(11)16/h6-7,12H,2-5H2,1H3,(H2,11,16). The van der Waals surface area contributed by atoms with E-state index < -0.39 is 18.0 Å². The average molecular weight is 240 g/mol. The Morgan fingerprint density at radius 1 is 1.47 bits per heavy atom. The highest BCUT2D eigenvalue weighted by Crippen LogP contribution is 2.20. The van der Waals surface area contributed by atoms with E-state index in [-0.39, 0.29) is 18.2 Å². The van der Waals surface area contributed by atoms with Crippen LogP contribution >= 0.6 is 0 Å². The predicted octanol–water partition coefficient (Wildman–Crippen LogP) is -2.50. The van der Waals surface area contributed by atoms with Gasteiger partial charge in [0.15, 0.2) is 0 Å². The van der Waals surface area contributed by atoms with Gasteiger partial charge in [-0.25, -0.2) is 0 Å². The van der Waals surface area contributed by atoms with Gasteiger partial charge in [0.1, 0.15) is 6.04 Å². The van der Waals surface area contributed by atoms with Crippen LogP contribution in [0.3, 0.4) is 0 Å². The number of nitrogens with one attached hydrogen (secondary N) is 1. The number of piperazine rings is 1. The fourth-order valence-corrected chi connectivity index (χ4v) is 2.35. The number of carbonyl (C=O) groups excluding carboxylic acids is 3. The van der Waals surface area contributed by atoms with Crippen molar-refractivity contribution in [3.8, 4) is 0 Å². The highest BCUT2D eigenvalue weighted by atomic mass is 16.2. The lowest BCUT2D eigenvalue weighted by atomic mass is 10.1. The third-order valence-corrected chi connectivity index (χ3v) is 3.37. The molecule has 3 N–H and O–H groups in total. The van der Waals surface area contributed by atoms with Gasteiger partial charge in [-0.3, -0.25) is 24.2 Å². The molecule has 0 saturated carbocycles. The minimum Gasteiger partial charge on any atom is -0.368 e. The van der Waals surface area contributed by atoms with Crippen molar-refractivity contribution in [3.05, 3.63) is 0 Å². The second kappa shape index (κ2) is 4.42. The van der Waals surface area contributed by atoms with Crippen LogP contribution < -0.4 is 11.1 Å². The van der Waals surface area contributed by atoms with Gasteiger partial charge in [0, 0.05) is 26.7 Å². The van der Waals surface area contributed by atoms with Crippen LogP contribution in [0.15, 0.2) is 0 Å². The minimum absolute atomic E-state index is 0.138. The van der Waals surface area contributed by atoms with Crippen LogP contribution in [0.1, 0.15) is 6.42 Å². The molecule has 0 aliphatic carbocycles. The van der Waals surface area contributed by atoms with E-state index >= 15 is 0 Å². The van der Waals surface area contributed by atoms with Crippen LogP contribution in [0.2, 0.25) is 0 Å². The Balaban J connectivity index is 2.17. The van der Waals surface area contributed by atoms with Crippen molar-refractivity contribution in [2.24, 2.45) is 5.73 Å². The van der Waals surface area contributed by atoms with Crippen LogP contribution in [0, 0.1) is 0 Å². The molecule has 7 heteroatoms. The summed E-state index contributed by atoms with van der Waals surface area (Å²) in [5, 5.41) is 3.05. The normalized spacial score (nSPS) is 31.0. The summed E-state index contributed by atoms with van der Waals surface area (Å²) in [6.45, 7) is 1.66. The maximum absolute atomic E-state index is 11.9. The lowest BCUT2D eigenvalue weighted by Crippen LogP contribution is -2.61. The van der Waals surface area contributed by atoms with Gasteiger partial charge < -0.3 is 11.1 Å². The van der Waals surface area contributed by atoms with Gasteiger partial charge in [0.2, 0.25) is 17.7 Å². The number of imide groups is 1. The molecule has 2 aliphatic rings. The van der Waals surface area contributed by atoms with Crippen LogP contribution in [-0.2, 0) is 14.4 Å². The van der Waals surface area contributed by atoms with Crippen molar-refractivity contribution < 1.29 is 14.4 Å². The van der Waals surface area contributed by atoms with Crippen molar-refractivity contribution >= 4 is 17.7 Å². The van der Waals surface area contributed by atoms with Gasteiger partial charge >= 0.3 is 0 Å².